The van der Waals surface area contributed by atoms with Crippen LogP contribution in [0.4, 0.5) is 5.69 Å². The molecule has 2 N–H and O–H groups in total. The minimum atomic E-state index is 0.00960. The molecule has 2 rings (SSSR count). The van der Waals surface area contributed by atoms with E-state index < -0.39 is 0 Å². The number of anilines is 1. The molecule has 1 aliphatic heterocycles. The van der Waals surface area contributed by atoms with Gasteiger partial charge >= 0.3 is 0 Å². The minimum Gasteiger partial charge on any atom is -0.398 e. The first-order chi connectivity index (χ1) is 7.99. The summed E-state index contributed by atoms with van der Waals surface area (Å²) in [6.45, 7) is 5.95. The van der Waals surface area contributed by atoms with Crippen molar-refractivity contribution in [2.24, 2.45) is 11.8 Å². The fourth-order valence-electron chi connectivity index (χ4n) is 2.19. The van der Waals surface area contributed by atoms with E-state index in [0.29, 0.717) is 28.1 Å². The van der Waals surface area contributed by atoms with Crippen LogP contribution in [0.25, 0.3) is 0 Å². The van der Waals surface area contributed by atoms with E-state index in [-0.39, 0.29) is 5.91 Å². The summed E-state index contributed by atoms with van der Waals surface area (Å²) in [6, 6.07) is 5.03. The second kappa shape index (κ2) is 4.57. The van der Waals surface area contributed by atoms with Crippen molar-refractivity contribution in [3.63, 3.8) is 0 Å². The summed E-state index contributed by atoms with van der Waals surface area (Å²) in [5.41, 5.74) is 6.83. The van der Waals surface area contributed by atoms with Crippen molar-refractivity contribution in [2.75, 3.05) is 18.8 Å². The van der Waals surface area contributed by atoms with E-state index in [1.165, 1.54) is 0 Å². The summed E-state index contributed by atoms with van der Waals surface area (Å²) in [4.78, 5) is 14.1. The molecule has 1 aliphatic rings. The van der Waals surface area contributed by atoms with Gasteiger partial charge in [-0.2, -0.15) is 0 Å². The molecular formula is C13H17ClN2O. The number of amides is 1. The van der Waals surface area contributed by atoms with E-state index in [2.05, 4.69) is 13.8 Å². The average Bonchev–Trinajstić information content (AvgIpc) is 2.58. The monoisotopic (exact) mass is 252 g/mol. The van der Waals surface area contributed by atoms with Crippen LogP contribution in [0.5, 0.6) is 0 Å². The predicted octanol–water partition coefficient (Wildman–Crippen LogP) is 2.65. The molecule has 2 unspecified atom stereocenters. The Balaban J connectivity index is 2.20. The Labute approximate surface area is 107 Å². The molecule has 0 saturated carbocycles. The predicted molar refractivity (Wildman–Crippen MR) is 70.1 cm³/mol. The third-order valence-electron chi connectivity index (χ3n) is 3.52. The largest absolute Gasteiger partial charge is 0.398 e. The molecule has 4 heteroatoms. The van der Waals surface area contributed by atoms with Crippen molar-refractivity contribution in [3.8, 4) is 0 Å². The Morgan fingerprint density at radius 2 is 1.94 bits per heavy atom. The van der Waals surface area contributed by atoms with Gasteiger partial charge in [0, 0.05) is 23.8 Å². The number of carbonyl (C=O) groups excluding carboxylic acids is 1. The highest BCUT2D eigenvalue weighted by Crippen LogP contribution is 2.26. The second-order valence-corrected chi connectivity index (χ2v) is 5.33. The number of hydrogen-bond acceptors (Lipinski definition) is 2. The van der Waals surface area contributed by atoms with E-state index in [0.717, 1.165) is 13.1 Å². The molecule has 0 aromatic heterocycles. The number of benzene rings is 1. The molecule has 1 saturated heterocycles. The first-order valence-corrected chi connectivity index (χ1v) is 6.21. The van der Waals surface area contributed by atoms with E-state index >= 15 is 0 Å². The molecular weight excluding hydrogens is 236 g/mol. The number of nitrogens with zero attached hydrogens (tertiary/aromatic N) is 1. The maximum Gasteiger partial charge on any atom is 0.255 e. The van der Waals surface area contributed by atoms with Crippen molar-refractivity contribution < 1.29 is 4.79 Å². The Hall–Kier alpha value is -1.22. The Morgan fingerprint density at radius 3 is 2.47 bits per heavy atom. The highest BCUT2D eigenvalue weighted by Gasteiger charge is 2.30. The van der Waals surface area contributed by atoms with Crippen LogP contribution in [-0.4, -0.2) is 23.9 Å². The molecule has 17 heavy (non-hydrogen) atoms. The normalized spacial score (nSPS) is 24.1. The molecule has 3 nitrogen and oxygen atoms in total. The van der Waals surface area contributed by atoms with Crippen molar-refractivity contribution in [3.05, 3.63) is 28.8 Å². The average molecular weight is 253 g/mol. The summed E-state index contributed by atoms with van der Waals surface area (Å²) < 4.78 is 0. The van der Waals surface area contributed by atoms with Gasteiger partial charge in [-0.25, -0.2) is 0 Å². The van der Waals surface area contributed by atoms with E-state index in [9.17, 15) is 4.79 Å². The topological polar surface area (TPSA) is 46.3 Å². The molecule has 0 aliphatic carbocycles. The summed E-state index contributed by atoms with van der Waals surface area (Å²) in [6.07, 6.45) is 0. The molecule has 1 fully saturated rings. The number of rotatable bonds is 1. The molecule has 0 bridgehead atoms. The highest BCUT2D eigenvalue weighted by molar-refractivity contribution is 6.31. The van der Waals surface area contributed by atoms with Gasteiger partial charge in [0.25, 0.3) is 5.91 Å². The summed E-state index contributed by atoms with van der Waals surface area (Å²) in [5, 5.41) is 0.558. The fraction of sp³-hybridized carbons (Fsp3) is 0.462. The van der Waals surface area contributed by atoms with E-state index in [4.69, 9.17) is 17.3 Å². The summed E-state index contributed by atoms with van der Waals surface area (Å²) in [5.74, 6) is 1.11. The lowest BCUT2D eigenvalue weighted by Crippen LogP contribution is -2.29. The smallest absolute Gasteiger partial charge is 0.255 e. The summed E-state index contributed by atoms with van der Waals surface area (Å²) in [7, 11) is 0. The number of likely N-dealkylation sites (tertiary alicyclic amines) is 1. The second-order valence-electron chi connectivity index (χ2n) is 4.90. The van der Waals surface area contributed by atoms with Gasteiger partial charge < -0.3 is 10.6 Å². The molecule has 92 valence electrons. The zero-order valence-electron chi connectivity index (χ0n) is 10.1. The van der Waals surface area contributed by atoms with Crippen molar-refractivity contribution in [1.29, 1.82) is 0 Å². The van der Waals surface area contributed by atoms with Crippen LogP contribution in [0, 0.1) is 11.8 Å². The lowest BCUT2D eigenvalue weighted by atomic mass is 10.0. The molecule has 0 spiro atoms. The number of carbonyl (C=O) groups is 1. The maximum absolute atomic E-state index is 12.3. The highest BCUT2D eigenvalue weighted by atomic mass is 35.5. The Bertz CT molecular complexity index is 437. The lowest BCUT2D eigenvalue weighted by Gasteiger charge is -2.17. The van der Waals surface area contributed by atoms with Gasteiger partial charge in [-0.1, -0.05) is 25.4 Å². The third kappa shape index (κ3) is 2.39. The summed E-state index contributed by atoms with van der Waals surface area (Å²) >= 11 is 5.82. The van der Waals surface area contributed by atoms with Crippen molar-refractivity contribution in [1.82, 2.24) is 4.90 Å². The molecule has 1 amide bonds. The van der Waals surface area contributed by atoms with Crippen LogP contribution in [0.2, 0.25) is 5.02 Å². The molecule has 1 aromatic rings. The zero-order chi connectivity index (χ0) is 12.6. The van der Waals surface area contributed by atoms with Gasteiger partial charge in [0.15, 0.2) is 0 Å². The molecule has 2 atom stereocenters. The number of nitrogens with two attached hydrogens (primary N) is 1. The quantitative estimate of drug-likeness (QED) is 0.781. The Morgan fingerprint density at radius 1 is 1.35 bits per heavy atom. The van der Waals surface area contributed by atoms with Crippen LogP contribution in [0.15, 0.2) is 18.2 Å². The van der Waals surface area contributed by atoms with Crippen molar-refractivity contribution >= 4 is 23.2 Å². The standard InChI is InChI=1S/C13H17ClN2O/c1-8-6-16(7-9(8)2)13(17)11-4-3-10(14)5-12(11)15/h3-5,8-9H,6-7,15H2,1-2H3. The minimum absolute atomic E-state index is 0.00960. The van der Waals surface area contributed by atoms with Gasteiger partial charge in [-0.05, 0) is 30.0 Å². The Kier molecular flexibility index (Phi) is 3.29. The number of halogens is 1. The third-order valence-corrected chi connectivity index (χ3v) is 3.75. The van der Waals surface area contributed by atoms with Gasteiger partial charge in [-0.15, -0.1) is 0 Å². The molecule has 1 heterocycles. The molecule has 0 radical (unpaired) electrons. The van der Waals surface area contributed by atoms with Gasteiger partial charge in [-0.3, -0.25) is 4.79 Å². The van der Waals surface area contributed by atoms with E-state index in [1.807, 2.05) is 4.90 Å². The van der Waals surface area contributed by atoms with Crippen LogP contribution < -0.4 is 5.73 Å². The molecule has 1 aromatic carbocycles. The van der Waals surface area contributed by atoms with Crippen LogP contribution in [0.1, 0.15) is 24.2 Å². The van der Waals surface area contributed by atoms with Crippen LogP contribution >= 0.6 is 11.6 Å². The maximum atomic E-state index is 12.3. The van der Waals surface area contributed by atoms with Crippen molar-refractivity contribution in [2.45, 2.75) is 13.8 Å². The van der Waals surface area contributed by atoms with Gasteiger partial charge in [0.1, 0.15) is 0 Å². The zero-order valence-corrected chi connectivity index (χ0v) is 10.9. The number of nitrogen functional groups attached to an aromatic ring is 1. The fourth-order valence-corrected chi connectivity index (χ4v) is 2.37. The first kappa shape index (κ1) is 12.2. The lowest BCUT2D eigenvalue weighted by molar-refractivity contribution is 0.0786. The SMILES string of the molecule is CC1CN(C(=O)c2ccc(Cl)cc2N)CC1C. The van der Waals surface area contributed by atoms with Crippen LogP contribution in [-0.2, 0) is 0 Å². The van der Waals surface area contributed by atoms with Gasteiger partial charge in [0.2, 0.25) is 0 Å². The van der Waals surface area contributed by atoms with E-state index in [1.54, 1.807) is 18.2 Å². The first-order valence-electron chi connectivity index (χ1n) is 5.83. The van der Waals surface area contributed by atoms with Crippen LogP contribution in [0.3, 0.4) is 0 Å². The van der Waals surface area contributed by atoms with Gasteiger partial charge in [0.05, 0.1) is 5.56 Å². The number of hydrogen-bond donors (Lipinski definition) is 1.